The lowest BCUT2D eigenvalue weighted by Gasteiger charge is -2.15. The standard InChI is InChI=1S/C14H19N3O2/c15-8-7-13(18)16-12-5-3-11(4-6-12)14(19)17-9-1-2-10-17/h3-6H,1-2,7-10,15H2,(H,16,18). The molecule has 1 aromatic carbocycles. The van der Waals surface area contributed by atoms with E-state index in [9.17, 15) is 9.59 Å². The molecule has 2 rings (SSSR count). The minimum atomic E-state index is -0.110. The van der Waals surface area contributed by atoms with Crippen LogP contribution in [0.4, 0.5) is 5.69 Å². The molecule has 1 aromatic rings. The molecule has 0 unspecified atom stereocenters. The van der Waals surface area contributed by atoms with Crippen molar-refractivity contribution in [2.45, 2.75) is 19.3 Å². The zero-order valence-electron chi connectivity index (χ0n) is 10.9. The molecule has 19 heavy (non-hydrogen) atoms. The third-order valence-corrected chi connectivity index (χ3v) is 3.18. The first kappa shape index (κ1) is 13.5. The van der Waals surface area contributed by atoms with Gasteiger partial charge in [0.1, 0.15) is 0 Å². The van der Waals surface area contributed by atoms with Crippen LogP contribution in [0.5, 0.6) is 0 Å². The predicted molar refractivity (Wildman–Crippen MR) is 73.9 cm³/mol. The molecule has 0 aliphatic carbocycles. The first-order valence-corrected chi connectivity index (χ1v) is 6.60. The van der Waals surface area contributed by atoms with Gasteiger partial charge in [-0.25, -0.2) is 0 Å². The lowest BCUT2D eigenvalue weighted by molar-refractivity contribution is -0.116. The summed E-state index contributed by atoms with van der Waals surface area (Å²) in [5.41, 5.74) is 6.66. The molecule has 3 N–H and O–H groups in total. The third-order valence-electron chi connectivity index (χ3n) is 3.18. The molecule has 1 heterocycles. The molecule has 2 amide bonds. The van der Waals surface area contributed by atoms with E-state index in [0.717, 1.165) is 25.9 Å². The van der Waals surface area contributed by atoms with E-state index >= 15 is 0 Å². The highest BCUT2D eigenvalue weighted by Crippen LogP contribution is 2.15. The molecule has 0 radical (unpaired) electrons. The summed E-state index contributed by atoms with van der Waals surface area (Å²) in [4.78, 5) is 25.3. The van der Waals surface area contributed by atoms with Crippen molar-refractivity contribution >= 4 is 17.5 Å². The second-order valence-electron chi connectivity index (χ2n) is 4.66. The van der Waals surface area contributed by atoms with E-state index in [0.29, 0.717) is 24.2 Å². The largest absolute Gasteiger partial charge is 0.339 e. The predicted octanol–water partition coefficient (Wildman–Crippen LogP) is 1.21. The molecular weight excluding hydrogens is 242 g/mol. The summed E-state index contributed by atoms with van der Waals surface area (Å²) in [7, 11) is 0. The van der Waals surface area contributed by atoms with Gasteiger partial charge in [-0.05, 0) is 37.1 Å². The van der Waals surface area contributed by atoms with Gasteiger partial charge in [0.2, 0.25) is 5.91 Å². The second-order valence-corrected chi connectivity index (χ2v) is 4.66. The van der Waals surface area contributed by atoms with Crippen LogP contribution >= 0.6 is 0 Å². The molecule has 0 spiro atoms. The van der Waals surface area contributed by atoms with Crippen molar-refractivity contribution in [1.29, 1.82) is 0 Å². The van der Waals surface area contributed by atoms with Crippen molar-refractivity contribution < 1.29 is 9.59 Å². The van der Waals surface area contributed by atoms with E-state index in [2.05, 4.69) is 5.32 Å². The Morgan fingerprint density at radius 2 is 1.79 bits per heavy atom. The number of amides is 2. The van der Waals surface area contributed by atoms with Crippen LogP contribution in [0.2, 0.25) is 0 Å². The summed E-state index contributed by atoms with van der Waals surface area (Å²) >= 11 is 0. The molecule has 0 aromatic heterocycles. The molecule has 1 aliphatic rings. The van der Waals surface area contributed by atoms with E-state index in [1.807, 2.05) is 4.90 Å². The van der Waals surface area contributed by atoms with E-state index in [1.54, 1.807) is 24.3 Å². The molecule has 5 heteroatoms. The van der Waals surface area contributed by atoms with Crippen LogP contribution in [-0.4, -0.2) is 36.3 Å². The summed E-state index contributed by atoms with van der Waals surface area (Å²) in [5, 5.41) is 2.73. The number of likely N-dealkylation sites (tertiary alicyclic amines) is 1. The highest BCUT2D eigenvalue weighted by atomic mass is 16.2. The number of carbonyl (C=O) groups is 2. The van der Waals surface area contributed by atoms with Gasteiger partial charge < -0.3 is 16.0 Å². The maximum Gasteiger partial charge on any atom is 0.253 e. The number of rotatable bonds is 4. The summed E-state index contributed by atoms with van der Waals surface area (Å²) in [6, 6.07) is 6.99. The lowest BCUT2D eigenvalue weighted by atomic mass is 10.2. The first-order valence-electron chi connectivity index (χ1n) is 6.60. The van der Waals surface area contributed by atoms with Gasteiger partial charge in [-0.15, -0.1) is 0 Å². The van der Waals surface area contributed by atoms with Gasteiger partial charge in [0, 0.05) is 37.3 Å². The van der Waals surface area contributed by atoms with Crippen LogP contribution < -0.4 is 11.1 Å². The normalized spacial score (nSPS) is 14.5. The van der Waals surface area contributed by atoms with Crippen molar-refractivity contribution in [2.24, 2.45) is 5.73 Å². The van der Waals surface area contributed by atoms with E-state index < -0.39 is 0 Å². The molecule has 1 fully saturated rings. The van der Waals surface area contributed by atoms with Crippen LogP contribution in [0.25, 0.3) is 0 Å². The molecule has 0 saturated carbocycles. The molecule has 0 bridgehead atoms. The Labute approximate surface area is 112 Å². The third kappa shape index (κ3) is 3.54. The topological polar surface area (TPSA) is 75.4 Å². The molecular formula is C14H19N3O2. The van der Waals surface area contributed by atoms with Crippen LogP contribution in [0.3, 0.4) is 0 Å². The van der Waals surface area contributed by atoms with Gasteiger partial charge in [0.25, 0.3) is 5.91 Å². The maximum absolute atomic E-state index is 12.1. The van der Waals surface area contributed by atoms with Crippen molar-refractivity contribution in [3.63, 3.8) is 0 Å². The van der Waals surface area contributed by atoms with Crippen molar-refractivity contribution in [3.05, 3.63) is 29.8 Å². The van der Waals surface area contributed by atoms with Crippen LogP contribution in [-0.2, 0) is 4.79 Å². The number of hydrogen-bond acceptors (Lipinski definition) is 3. The minimum Gasteiger partial charge on any atom is -0.339 e. The highest BCUT2D eigenvalue weighted by molar-refractivity contribution is 5.96. The Morgan fingerprint density at radius 1 is 1.16 bits per heavy atom. The monoisotopic (exact) mass is 261 g/mol. The molecule has 5 nitrogen and oxygen atoms in total. The Balaban J connectivity index is 1.97. The number of nitrogens with zero attached hydrogens (tertiary/aromatic N) is 1. The second kappa shape index (κ2) is 6.33. The highest BCUT2D eigenvalue weighted by Gasteiger charge is 2.19. The Bertz CT molecular complexity index is 450. The molecule has 1 aliphatic heterocycles. The smallest absolute Gasteiger partial charge is 0.253 e. The Hall–Kier alpha value is -1.88. The van der Waals surface area contributed by atoms with Crippen molar-refractivity contribution in [1.82, 2.24) is 4.90 Å². The Morgan fingerprint density at radius 3 is 2.37 bits per heavy atom. The maximum atomic E-state index is 12.1. The summed E-state index contributed by atoms with van der Waals surface area (Å²) in [6.45, 7) is 2.01. The van der Waals surface area contributed by atoms with Crippen molar-refractivity contribution in [3.8, 4) is 0 Å². The fraction of sp³-hybridized carbons (Fsp3) is 0.429. The van der Waals surface area contributed by atoms with Gasteiger partial charge in [-0.1, -0.05) is 0 Å². The van der Waals surface area contributed by atoms with Crippen LogP contribution in [0.15, 0.2) is 24.3 Å². The van der Waals surface area contributed by atoms with Gasteiger partial charge in [0.15, 0.2) is 0 Å². The summed E-state index contributed by atoms with van der Waals surface area (Å²) in [6.07, 6.45) is 2.46. The van der Waals surface area contributed by atoms with E-state index in [4.69, 9.17) is 5.73 Å². The van der Waals surface area contributed by atoms with E-state index in [1.165, 1.54) is 0 Å². The number of anilines is 1. The quantitative estimate of drug-likeness (QED) is 0.855. The van der Waals surface area contributed by atoms with Gasteiger partial charge in [-0.2, -0.15) is 0 Å². The fourth-order valence-corrected chi connectivity index (χ4v) is 2.15. The SMILES string of the molecule is NCCC(=O)Nc1ccc(C(=O)N2CCCC2)cc1. The number of benzene rings is 1. The van der Waals surface area contributed by atoms with Crippen LogP contribution in [0.1, 0.15) is 29.6 Å². The number of hydrogen-bond donors (Lipinski definition) is 2. The molecule has 1 saturated heterocycles. The molecule has 102 valence electrons. The average Bonchev–Trinajstić information content (AvgIpc) is 2.93. The minimum absolute atomic E-state index is 0.0670. The number of carbonyl (C=O) groups excluding carboxylic acids is 2. The fourth-order valence-electron chi connectivity index (χ4n) is 2.15. The number of nitrogens with one attached hydrogen (secondary N) is 1. The summed E-state index contributed by atoms with van der Waals surface area (Å²) in [5.74, 6) is -0.0431. The Kier molecular flexibility index (Phi) is 4.52. The zero-order valence-corrected chi connectivity index (χ0v) is 10.9. The van der Waals surface area contributed by atoms with Crippen molar-refractivity contribution in [2.75, 3.05) is 25.0 Å². The average molecular weight is 261 g/mol. The zero-order chi connectivity index (χ0) is 13.7. The first-order chi connectivity index (χ1) is 9.20. The lowest BCUT2D eigenvalue weighted by Crippen LogP contribution is -2.27. The van der Waals surface area contributed by atoms with Crippen LogP contribution in [0, 0.1) is 0 Å². The van der Waals surface area contributed by atoms with Gasteiger partial charge in [0.05, 0.1) is 0 Å². The molecule has 0 atom stereocenters. The summed E-state index contributed by atoms with van der Waals surface area (Å²) < 4.78 is 0. The van der Waals surface area contributed by atoms with Gasteiger partial charge >= 0.3 is 0 Å². The van der Waals surface area contributed by atoms with Gasteiger partial charge in [-0.3, -0.25) is 9.59 Å². The number of nitrogens with two attached hydrogens (primary N) is 1. The van der Waals surface area contributed by atoms with E-state index in [-0.39, 0.29) is 11.8 Å².